The van der Waals surface area contributed by atoms with E-state index in [1.54, 1.807) is 0 Å². The number of fused-ring (bicyclic) bond motifs is 1. The summed E-state index contributed by atoms with van der Waals surface area (Å²) in [5.41, 5.74) is 5.95. The summed E-state index contributed by atoms with van der Waals surface area (Å²) < 4.78 is 1.96. The maximum atomic E-state index is 13.2. The van der Waals surface area contributed by atoms with E-state index in [0.29, 0.717) is 12.5 Å². The van der Waals surface area contributed by atoms with Gasteiger partial charge in [0.15, 0.2) is 5.65 Å². The van der Waals surface area contributed by atoms with Crippen LogP contribution in [0.5, 0.6) is 0 Å². The molecule has 2 aromatic carbocycles. The summed E-state index contributed by atoms with van der Waals surface area (Å²) in [4.78, 5) is 27.6. The van der Waals surface area contributed by atoms with Gasteiger partial charge in [-0.1, -0.05) is 35.4 Å². The number of hydrogen-bond donors (Lipinski definition) is 0. The summed E-state index contributed by atoms with van der Waals surface area (Å²) in [6.07, 6.45) is 3.18. The van der Waals surface area contributed by atoms with Crippen LogP contribution in [0.2, 0.25) is 0 Å². The van der Waals surface area contributed by atoms with Crippen LogP contribution in [0.1, 0.15) is 58.2 Å². The summed E-state index contributed by atoms with van der Waals surface area (Å²) in [6.45, 7) is 9.18. The fourth-order valence-corrected chi connectivity index (χ4v) is 5.01. The van der Waals surface area contributed by atoms with Crippen molar-refractivity contribution in [1.29, 1.82) is 0 Å². The SMILES string of the molecule is Cc1ccc(C(=O)N2CCCN(c3nc(C4CC4)nc4c3c(C)nn4-c3ccc(C)cc3)CC2)cc1. The number of anilines is 1. The molecular weight excluding hydrogens is 448 g/mol. The molecule has 1 aliphatic heterocycles. The van der Waals surface area contributed by atoms with Crippen molar-refractivity contribution in [3.05, 3.63) is 76.7 Å². The highest BCUT2D eigenvalue weighted by Crippen LogP contribution is 2.40. The molecular formula is C29H32N6O. The third-order valence-corrected chi connectivity index (χ3v) is 7.30. The average molecular weight is 481 g/mol. The first-order chi connectivity index (χ1) is 17.5. The molecule has 36 heavy (non-hydrogen) atoms. The second-order valence-corrected chi connectivity index (χ2v) is 10.2. The van der Waals surface area contributed by atoms with Crippen LogP contribution >= 0.6 is 0 Å². The molecule has 4 aromatic rings. The molecule has 6 rings (SSSR count). The highest BCUT2D eigenvalue weighted by molar-refractivity contribution is 5.94. The second-order valence-electron chi connectivity index (χ2n) is 10.2. The highest BCUT2D eigenvalue weighted by atomic mass is 16.2. The van der Waals surface area contributed by atoms with Gasteiger partial charge in [0.05, 0.1) is 16.8 Å². The summed E-state index contributed by atoms with van der Waals surface area (Å²) in [5.74, 6) is 2.41. The molecule has 7 heteroatoms. The Hall–Kier alpha value is -3.74. The van der Waals surface area contributed by atoms with Gasteiger partial charge in [0.2, 0.25) is 0 Å². The molecule has 7 nitrogen and oxygen atoms in total. The molecule has 1 saturated heterocycles. The van der Waals surface area contributed by atoms with Gasteiger partial charge in [-0.3, -0.25) is 4.79 Å². The third-order valence-electron chi connectivity index (χ3n) is 7.30. The maximum Gasteiger partial charge on any atom is 0.253 e. The van der Waals surface area contributed by atoms with E-state index in [1.165, 1.54) is 5.56 Å². The Labute approximate surface area is 211 Å². The van der Waals surface area contributed by atoms with E-state index in [4.69, 9.17) is 15.1 Å². The smallest absolute Gasteiger partial charge is 0.253 e. The molecule has 0 bridgehead atoms. The van der Waals surface area contributed by atoms with E-state index in [2.05, 4.69) is 36.1 Å². The number of benzene rings is 2. The summed E-state index contributed by atoms with van der Waals surface area (Å²) in [6, 6.07) is 16.3. The van der Waals surface area contributed by atoms with Crippen molar-refractivity contribution in [3.8, 4) is 5.69 Å². The fraction of sp³-hybridized carbons (Fsp3) is 0.379. The highest BCUT2D eigenvalue weighted by Gasteiger charge is 2.31. The van der Waals surface area contributed by atoms with E-state index in [-0.39, 0.29) is 5.91 Å². The van der Waals surface area contributed by atoms with E-state index < -0.39 is 0 Å². The maximum absolute atomic E-state index is 13.2. The minimum absolute atomic E-state index is 0.103. The molecule has 0 atom stereocenters. The lowest BCUT2D eigenvalue weighted by molar-refractivity contribution is 0.0767. The standard InChI is InChI=1S/C29H32N6O/c1-19-5-9-23(10-6-19)29(36)34-16-4-15-33(17-18-34)27-25-21(3)32-35(24-13-7-20(2)8-14-24)28(25)31-26(30-27)22-11-12-22/h5-10,13-14,22H,4,11-12,15-18H2,1-3H3. The van der Waals surface area contributed by atoms with Crippen LogP contribution < -0.4 is 4.90 Å². The molecule has 1 saturated carbocycles. The Morgan fingerprint density at radius 2 is 1.53 bits per heavy atom. The van der Waals surface area contributed by atoms with Crippen molar-refractivity contribution in [1.82, 2.24) is 24.6 Å². The van der Waals surface area contributed by atoms with Gasteiger partial charge in [0.25, 0.3) is 5.91 Å². The van der Waals surface area contributed by atoms with Crippen molar-refractivity contribution < 1.29 is 4.79 Å². The summed E-state index contributed by atoms with van der Waals surface area (Å²) >= 11 is 0. The van der Waals surface area contributed by atoms with Crippen LogP contribution in [0.25, 0.3) is 16.7 Å². The van der Waals surface area contributed by atoms with Gasteiger partial charge in [-0.2, -0.15) is 5.10 Å². The van der Waals surface area contributed by atoms with Crippen LogP contribution in [0.15, 0.2) is 48.5 Å². The second kappa shape index (κ2) is 9.04. The van der Waals surface area contributed by atoms with Gasteiger partial charge in [-0.05, 0) is 64.3 Å². The Morgan fingerprint density at radius 3 is 2.22 bits per heavy atom. The Bertz CT molecular complexity index is 1420. The zero-order valence-electron chi connectivity index (χ0n) is 21.2. The lowest BCUT2D eigenvalue weighted by atomic mass is 10.1. The molecule has 184 valence electrons. The van der Waals surface area contributed by atoms with Crippen molar-refractivity contribution >= 4 is 22.8 Å². The monoisotopic (exact) mass is 480 g/mol. The zero-order chi connectivity index (χ0) is 24.8. The third kappa shape index (κ3) is 4.23. The molecule has 2 aliphatic rings. The molecule has 1 amide bonds. The molecule has 1 aliphatic carbocycles. The fourth-order valence-electron chi connectivity index (χ4n) is 5.01. The van der Waals surface area contributed by atoms with Gasteiger partial charge < -0.3 is 9.80 Å². The number of hydrogen-bond acceptors (Lipinski definition) is 5. The Kier molecular flexibility index (Phi) is 5.70. The first kappa shape index (κ1) is 22.7. The van der Waals surface area contributed by atoms with Gasteiger partial charge in [0, 0.05) is 37.7 Å². The van der Waals surface area contributed by atoms with Crippen molar-refractivity contribution in [2.45, 2.75) is 46.0 Å². The van der Waals surface area contributed by atoms with Crippen molar-refractivity contribution in [3.63, 3.8) is 0 Å². The number of aromatic nitrogens is 4. The van der Waals surface area contributed by atoms with E-state index in [0.717, 1.165) is 84.1 Å². The van der Waals surface area contributed by atoms with Crippen LogP contribution in [0.4, 0.5) is 5.82 Å². The van der Waals surface area contributed by atoms with Crippen LogP contribution in [-0.4, -0.2) is 56.7 Å². The molecule has 2 aromatic heterocycles. The Morgan fingerprint density at radius 1 is 0.833 bits per heavy atom. The van der Waals surface area contributed by atoms with Crippen LogP contribution in [-0.2, 0) is 0 Å². The van der Waals surface area contributed by atoms with E-state index in [1.807, 2.05) is 47.7 Å². The predicted molar refractivity (Wildman–Crippen MR) is 142 cm³/mol. The molecule has 3 heterocycles. The Balaban J connectivity index is 1.35. The number of aryl methyl sites for hydroxylation is 3. The van der Waals surface area contributed by atoms with Crippen LogP contribution in [0, 0.1) is 20.8 Å². The number of carbonyl (C=O) groups excluding carboxylic acids is 1. The molecule has 0 spiro atoms. The first-order valence-corrected chi connectivity index (χ1v) is 12.9. The molecule has 2 fully saturated rings. The normalized spacial score (nSPS) is 16.4. The molecule has 0 N–H and O–H groups in total. The summed E-state index contributed by atoms with van der Waals surface area (Å²) in [5, 5.41) is 5.91. The average Bonchev–Trinajstić information content (AvgIpc) is 3.71. The van der Waals surface area contributed by atoms with Gasteiger partial charge in [0.1, 0.15) is 11.6 Å². The zero-order valence-corrected chi connectivity index (χ0v) is 21.2. The lowest BCUT2D eigenvalue weighted by Crippen LogP contribution is -2.35. The largest absolute Gasteiger partial charge is 0.354 e. The van der Waals surface area contributed by atoms with Gasteiger partial charge >= 0.3 is 0 Å². The molecule has 0 unspecified atom stereocenters. The quantitative estimate of drug-likeness (QED) is 0.413. The van der Waals surface area contributed by atoms with Crippen LogP contribution in [0.3, 0.4) is 0 Å². The van der Waals surface area contributed by atoms with E-state index >= 15 is 0 Å². The predicted octanol–water partition coefficient (Wildman–Crippen LogP) is 4.97. The van der Waals surface area contributed by atoms with E-state index in [9.17, 15) is 4.79 Å². The van der Waals surface area contributed by atoms with Gasteiger partial charge in [-0.15, -0.1) is 0 Å². The first-order valence-electron chi connectivity index (χ1n) is 12.9. The number of amides is 1. The number of rotatable bonds is 4. The minimum atomic E-state index is 0.103. The topological polar surface area (TPSA) is 67.2 Å². The number of nitrogens with zero attached hydrogens (tertiary/aromatic N) is 6. The van der Waals surface area contributed by atoms with Crippen molar-refractivity contribution in [2.24, 2.45) is 0 Å². The molecule has 0 radical (unpaired) electrons. The van der Waals surface area contributed by atoms with Crippen molar-refractivity contribution in [2.75, 3.05) is 31.1 Å². The van der Waals surface area contributed by atoms with Gasteiger partial charge in [-0.25, -0.2) is 14.6 Å². The summed E-state index contributed by atoms with van der Waals surface area (Å²) in [7, 11) is 0. The number of carbonyl (C=O) groups is 1. The minimum Gasteiger partial charge on any atom is -0.354 e. The lowest BCUT2D eigenvalue weighted by Gasteiger charge is -2.24.